The average molecular weight is 640 g/mol. The van der Waals surface area contributed by atoms with Crippen LogP contribution in [-0.4, -0.2) is 60.2 Å². The van der Waals surface area contributed by atoms with Crippen molar-refractivity contribution in [2.75, 3.05) is 30.8 Å². The minimum atomic E-state index is -1.16. The minimum Gasteiger partial charge on any atom is -0.467 e. The molecule has 0 fully saturated rings. The van der Waals surface area contributed by atoms with Crippen LogP contribution < -0.4 is 31.7 Å². The van der Waals surface area contributed by atoms with Crippen LogP contribution >= 0.6 is 0 Å². The number of aromatic nitrogens is 2. The van der Waals surface area contributed by atoms with Gasteiger partial charge in [0.05, 0.1) is 30.6 Å². The molecular formula is C34H37N7O6. The second-order valence-electron chi connectivity index (χ2n) is 10.5. The molecule has 13 heteroatoms. The van der Waals surface area contributed by atoms with Gasteiger partial charge in [0.25, 0.3) is 5.91 Å². The topological polar surface area (TPSA) is 187 Å². The van der Waals surface area contributed by atoms with Gasteiger partial charge >= 0.3 is 18.1 Å². The number of anilines is 2. The summed E-state index contributed by atoms with van der Waals surface area (Å²) in [5.41, 5.74) is 9.41. The van der Waals surface area contributed by atoms with E-state index in [4.69, 9.17) is 15.2 Å². The van der Waals surface area contributed by atoms with Gasteiger partial charge in [-0.05, 0) is 49.9 Å². The molecule has 0 saturated carbocycles. The number of nitrogens with one attached hydrogen (secondary N) is 4. The summed E-state index contributed by atoms with van der Waals surface area (Å²) in [6.07, 6.45) is 0.322. The van der Waals surface area contributed by atoms with Crippen molar-refractivity contribution in [1.29, 1.82) is 0 Å². The third-order valence-corrected chi connectivity index (χ3v) is 7.08. The highest BCUT2D eigenvalue weighted by Crippen LogP contribution is 2.34. The lowest BCUT2D eigenvalue weighted by molar-refractivity contribution is -0.142. The van der Waals surface area contributed by atoms with Gasteiger partial charge in [-0.3, -0.25) is 4.79 Å². The largest absolute Gasteiger partial charge is 0.467 e. The van der Waals surface area contributed by atoms with Crippen LogP contribution in [0.5, 0.6) is 5.75 Å². The second-order valence-corrected chi connectivity index (χ2v) is 10.5. The minimum absolute atomic E-state index is 0.198. The van der Waals surface area contributed by atoms with Crippen molar-refractivity contribution in [2.24, 2.45) is 5.73 Å². The molecule has 4 rings (SSSR count). The van der Waals surface area contributed by atoms with Gasteiger partial charge in [-0.1, -0.05) is 66.7 Å². The third-order valence-electron chi connectivity index (χ3n) is 7.08. The summed E-state index contributed by atoms with van der Waals surface area (Å²) in [4.78, 5) is 58.5. The molecule has 0 bridgehead atoms. The van der Waals surface area contributed by atoms with Gasteiger partial charge in [-0.15, -0.1) is 0 Å². The lowest BCUT2D eigenvalue weighted by Gasteiger charge is -2.19. The van der Waals surface area contributed by atoms with Crippen LogP contribution in [-0.2, 0) is 16.0 Å². The molecule has 0 radical (unpaired) electrons. The number of benzene rings is 3. The number of methoxy groups -OCH3 is 1. The Morgan fingerprint density at radius 1 is 0.872 bits per heavy atom. The number of ether oxygens (including phenoxy) is 2. The van der Waals surface area contributed by atoms with Crippen molar-refractivity contribution in [1.82, 2.24) is 20.6 Å². The third kappa shape index (κ3) is 9.50. The van der Waals surface area contributed by atoms with Gasteiger partial charge in [0, 0.05) is 17.8 Å². The highest BCUT2D eigenvalue weighted by molar-refractivity contribution is 5.99. The molecule has 3 aromatic carbocycles. The highest BCUT2D eigenvalue weighted by Gasteiger charge is 2.25. The number of nitrogens with two attached hydrogens (primary N) is 1. The lowest BCUT2D eigenvalue weighted by atomic mass is 9.99. The number of nitrogens with zero attached hydrogens (tertiary/aromatic N) is 2. The van der Waals surface area contributed by atoms with E-state index in [-0.39, 0.29) is 12.1 Å². The molecule has 1 atom stereocenters. The smallest absolute Gasteiger partial charge is 0.409 e. The van der Waals surface area contributed by atoms with Gasteiger partial charge in [0.15, 0.2) is 0 Å². The van der Waals surface area contributed by atoms with E-state index in [1.54, 1.807) is 38.1 Å². The Bertz CT molecular complexity index is 1690. The number of rotatable bonds is 13. The molecule has 244 valence electrons. The van der Waals surface area contributed by atoms with Gasteiger partial charge in [-0.25, -0.2) is 24.4 Å². The van der Waals surface area contributed by atoms with E-state index >= 15 is 0 Å². The van der Waals surface area contributed by atoms with Crippen LogP contribution in [0.25, 0.3) is 11.1 Å². The molecule has 0 aliphatic rings. The summed E-state index contributed by atoms with van der Waals surface area (Å²) in [5.74, 6) is -0.576. The molecule has 0 aliphatic carbocycles. The fraction of sp³-hybridized carbons (Fsp3) is 0.235. The number of urea groups is 1. The second kappa shape index (κ2) is 16.4. The number of carbonyl (C=O) groups excluding carboxylic acids is 4. The first-order valence-corrected chi connectivity index (χ1v) is 14.9. The van der Waals surface area contributed by atoms with Crippen LogP contribution in [0.3, 0.4) is 0 Å². The molecular weight excluding hydrogens is 602 g/mol. The zero-order chi connectivity index (χ0) is 33.8. The van der Waals surface area contributed by atoms with Crippen molar-refractivity contribution >= 4 is 35.6 Å². The SMILES string of the molecule is COC(=O)[C@H](CNC(=O)Nc1ccccc1)NC(=O)c1c(C)nc(NCCCc2cccc(-c3ccccc3)c2OC(N)=O)nc1C. The number of para-hydroxylation sites is 2. The van der Waals surface area contributed by atoms with Gasteiger partial charge in [-0.2, -0.15) is 0 Å². The Morgan fingerprint density at radius 2 is 1.53 bits per heavy atom. The molecule has 0 spiro atoms. The van der Waals surface area contributed by atoms with E-state index < -0.39 is 30.0 Å². The van der Waals surface area contributed by atoms with Crippen LogP contribution in [0, 0.1) is 13.8 Å². The first-order valence-electron chi connectivity index (χ1n) is 14.9. The quantitative estimate of drug-likeness (QED) is 0.105. The molecule has 47 heavy (non-hydrogen) atoms. The monoisotopic (exact) mass is 639 g/mol. The summed E-state index contributed by atoms with van der Waals surface area (Å²) < 4.78 is 10.2. The Hall–Kier alpha value is -5.98. The molecule has 4 aromatic rings. The molecule has 0 unspecified atom stereocenters. The van der Waals surface area contributed by atoms with Crippen molar-refractivity contribution in [3.8, 4) is 16.9 Å². The molecule has 1 aromatic heterocycles. The molecule has 13 nitrogen and oxygen atoms in total. The fourth-order valence-corrected chi connectivity index (χ4v) is 4.91. The van der Waals surface area contributed by atoms with E-state index in [9.17, 15) is 19.2 Å². The van der Waals surface area contributed by atoms with E-state index in [0.29, 0.717) is 48.2 Å². The summed E-state index contributed by atoms with van der Waals surface area (Å²) in [5, 5.41) is 11.0. The van der Waals surface area contributed by atoms with Crippen molar-refractivity contribution in [3.63, 3.8) is 0 Å². The normalized spacial score (nSPS) is 11.1. The van der Waals surface area contributed by atoms with E-state index in [2.05, 4.69) is 31.2 Å². The van der Waals surface area contributed by atoms with Crippen LogP contribution in [0.1, 0.15) is 33.7 Å². The number of aryl methyl sites for hydroxylation is 3. The average Bonchev–Trinajstić information content (AvgIpc) is 3.05. The zero-order valence-electron chi connectivity index (χ0n) is 26.3. The maximum Gasteiger partial charge on any atom is 0.409 e. The lowest BCUT2D eigenvalue weighted by Crippen LogP contribution is -2.50. The Morgan fingerprint density at radius 3 is 2.17 bits per heavy atom. The maximum atomic E-state index is 13.2. The molecule has 0 aliphatic heterocycles. The van der Waals surface area contributed by atoms with Crippen molar-refractivity contribution in [3.05, 3.63) is 101 Å². The van der Waals surface area contributed by atoms with E-state index in [1.807, 2.05) is 54.6 Å². The predicted octanol–water partition coefficient (Wildman–Crippen LogP) is 4.36. The van der Waals surface area contributed by atoms with Gasteiger partial charge in [0.2, 0.25) is 5.95 Å². The predicted molar refractivity (Wildman–Crippen MR) is 177 cm³/mol. The Labute approximate surface area is 272 Å². The molecule has 1 heterocycles. The molecule has 0 saturated heterocycles. The number of carbonyl (C=O) groups is 4. The maximum absolute atomic E-state index is 13.2. The van der Waals surface area contributed by atoms with Crippen molar-refractivity contribution in [2.45, 2.75) is 32.7 Å². The van der Waals surface area contributed by atoms with Gasteiger partial charge in [0.1, 0.15) is 11.8 Å². The summed E-state index contributed by atoms with van der Waals surface area (Å²) >= 11 is 0. The Balaban J connectivity index is 1.36. The van der Waals surface area contributed by atoms with Crippen LogP contribution in [0.15, 0.2) is 78.9 Å². The molecule has 6 N–H and O–H groups in total. The number of amides is 4. The van der Waals surface area contributed by atoms with Gasteiger partial charge < -0.3 is 36.5 Å². The van der Waals surface area contributed by atoms with E-state index in [1.165, 1.54) is 7.11 Å². The first kappa shape index (κ1) is 33.9. The van der Waals surface area contributed by atoms with Crippen molar-refractivity contribution < 1.29 is 28.7 Å². The number of hydrogen-bond acceptors (Lipinski definition) is 9. The van der Waals surface area contributed by atoms with Crippen LogP contribution in [0.4, 0.5) is 21.2 Å². The fourth-order valence-electron chi connectivity index (χ4n) is 4.91. The van der Waals surface area contributed by atoms with E-state index in [0.717, 1.165) is 16.7 Å². The highest BCUT2D eigenvalue weighted by atomic mass is 16.5. The summed E-state index contributed by atoms with van der Waals surface area (Å²) in [6, 6.07) is 22.3. The number of primary amides is 1. The molecule has 4 amide bonds. The first-order chi connectivity index (χ1) is 22.7. The number of esters is 1. The zero-order valence-corrected chi connectivity index (χ0v) is 26.3. The summed E-state index contributed by atoms with van der Waals surface area (Å²) in [6.45, 7) is 3.60. The summed E-state index contributed by atoms with van der Waals surface area (Å²) in [7, 11) is 1.19. The standard InChI is InChI=1S/C34H37N7O6/c1-21-28(30(42)41-27(31(43)46-3)20-37-34(45)40-25-16-8-5-9-17-25)22(2)39-33(38-21)36-19-11-15-24-14-10-18-26(29(24)47-32(35)44)23-12-6-4-7-13-23/h4-10,12-14,16-18,27H,11,15,19-20H2,1-3H3,(H2,35,44)(H,41,42)(H,36,38,39)(H2,37,40,45)/t27-/m0/s1. The number of hydrogen-bond donors (Lipinski definition) is 5. The Kier molecular flexibility index (Phi) is 11.8. The van der Waals surface area contributed by atoms with Crippen LogP contribution in [0.2, 0.25) is 0 Å².